The number of carbonyl (C=O) groups is 1. The molecule has 3 heterocycles. The molecular formula is C17H31N3O3S. The summed E-state index contributed by atoms with van der Waals surface area (Å²) in [5.41, 5.74) is -0.261. The number of rotatable bonds is 6. The van der Waals surface area contributed by atoms with Gasteiger partial charge in [0.05, 0.1) is 25.2 Å². The molecule has 24 heavy (non-hydrogen) atoms. The molecule has 1 amide bonds. The Kier molecular flexibility index (Phi) is 6.43. The lowest BCUT2D eigenvalue weighted by Crippen LogP contribution is -2.61. The standard InChI is InChI=1S/C17H31N3O3S/c1-22-13-16(2-5-18-6-3-16)15(21)19-12-17(4-11-24-14-17)20-7-9-23-10-8-20/h18H,2-14H2,1H3,(H,19,21). The summed E-state index contributed by atoms with van der Waals surface area (Å²) in [5.74, 6) is 2.46. The first-order valence-electron chi connectivity index (χ1n) is 9.09. The minimum absolute atomic E-state index is 0.102. The predicted molar refractivity (Wildman–Crippen MR) is 96.5 cm³/mol. The second-order valence-corrected chi connectivity index (χ2v) is 8.38. The number of hydrogen-bond acceptors (Lipinski definition) is 6. The van der Waals surface area contributed by atoms with E-state index < -0.39 is 0 Å². The smallest absolute Gasteiger partial charge is 0.228 e. The molecule has 3 aliphatic heterocycles. The van der Waals surface area contributed by atoms with Crippen molar-refractivity contribution in [1.29, 1.82) is 0 Å². The highest BCUT2D eigenvalue weighted by Crippen LogP contribution is 2.35. The fourth-order valence-corrected chi connectivity index (χ4v) is 5.66. The van der Waals surface area contributed by atoms with Crippen molar-refractivity contribution in [3.05, 3.63) is 0 Å². The number of nitrogens with zero attached hydrogens (tertiary/aromatic N) is 1. The molecule has 0 spiro atoms. The highest BCUT2D eigenvalue weighted by molar-refractivity contribution is 7.99. The molecule has 3 rings (SSSR count). The Hall–Kier alpha value is -0.340. The number of carbonyl (C=O) groups excluding carboxylic acids is 1. The van der Waals surface area contributed by atoms with Crippen LogP contribution in [-0.4, -0.2) is 87.5 Å². The van der Waals surface area contributed by atoms with Gasteiger partial charge in [0.1, 0.15) is 0 Å². The molecule has 2 N–H and O–H groups in total. The van der Waals surface area contributed by atoms with Gasteiger partial charge in [0, 0.05) is 38.0 Å². The highest BCUT2D eigenvalue weighted by atomic mass is 32.2. The number of amides is 1. The molecule has 0 radical (unpaired) electrons. The van der Waals surface area contributed by atoms with Crippen LogP contribution in [0.4, 0.5) is 0 Å². The quantitative estimate of drug-likeness (QED) is 0.714. The molecule has 0 saturated carbocycles. The van der Waals surface area contributed by atoms with Gasteiger partial charge >= 0.3 is 0 Å². The van der Waals surface area contributed by atoms with Crippen LogP contribution in [0.15, 0.2) is 0 Å². The van der Waals surface area contributed by atoms with E-state index >= 15 is 0 Å². The average Bonchev–Trinajstić information content (AvgIpc) is 3.12. The van der Waals surface area contributed by atoms with Gasteiger partial charge in [-0.3, -0.25) is 9.69 Å². The van der Waals surface area contributed by atoms with Crippen LogP contribution in [0.1, 0.15) is 19.3 Å². The van der Waals surface area contributed by atoms with Crippen LogP contribution in [0.5, 0.6) is 0 Å². The van der Waals surface area contributed by atoms with Crippen molar-refractivity contribution in [2.75, 3.05) is 71.2 Å². The van der Waals surface area contributed by atoms with E-state index in [0.29, 0.717) is 6.61 Å². The van der Waals surface area contributed by atoms with E-state index in [2.05, 4.69) is 15.5 Å². The summed E-state index contributed by atoms with van der Waals surface area (Å²) in [7, 11) is 1.69. The van der Waals surface area contributed by atoms with E-state index in [1.807, 2.05) is 11.8 Å². The first kappa shape index (κ1) is 18.5. The van der Waals surface area contributed by atoms with Gasteiger partial charge in [0.15, 0.2) is 0 Å². The van der Waals surface area contributed by atoms with Crippen LogP contribution in [0, 0.1) is 5.41 Å². The topological polar surface area (TPSA) is 62.8 Å². The molecule has 138 valence electrons. The average molecular weight is 358 g/mol. The second-order valence-electron chi connectivity index (χ2n) is 7.27. The Bertz CT molecular complexity index is 412. The number of thioether (sulfide) groups is 1. The van der Waals surface area contributed by atoms with Gasteiger partial charge in [-0.2, -0.15) is 11.8 Å². The van der Waals surface area contributed by atoms with Crippen molar-refractivity contribution >= 4 is 17.7 Å². The zero-order chi connectivity index (χ0) is 16.9. The largest absolute Gasteiger partial charge is 0.384 e. The molecule has 1 atom stereocenters. The van der Waals surface area contributed by atoms with Crippen molar-refractivity contribution in [1.82, 2.24) is 15.5 Å². The van der Waals surface area contributed by atoms with E-state index in [0.717, 1.165) is 71.0 Å². The van der Waals surface area contributed by atoms with E-state index in [4.69, 9.17) is 9.47 Å². The lowest BCUT2D eigenvalue weighted by Gasteiger charge is -2.44. The maximum absolute atomic E-state index is 13.0. The van der Waals surface area contributed by atoms with E-state index in [-0.39, 0.29) is 16.9 Å². The number of morpholine rings is 1. The van der Waals surface area contributed by atoms with Crippen LogP contribution in [0.25, 0.3) is 0 Å². The third kappa shape index (κ3) is 3.90. The Morgan fingerprint density at radius 3 is 2.67 bits per heavy atom. The summed E-state index contributed by atoms with van der Waals surface area (Å²) in [6, 6.07) is 0. The lowest BCUT2D eigenvalue weighted by atomic mass is 9.78. The molecular weight excluding hydrogens is 326 g/mol. The number of methoxy groups -OCH3 is 1. The Labute approximate surface area is 149 Å². The molecule has 3 saturated heterocycles. The first-order chi connectivity index (χ1) is 11.7. The van der Waals surface area contributed by atoms with Crippen LogP contribution < -0.4 is 10.6 Å². The minimum Gasteiger partial charge on any atom is -0.384 e. The Balaban J connectivity index is 1.64. The summed E-state index contributed by atoms with van der Waals surface area (Å²) in [6.45, 7) is 6.60. The third-order valence-electron chi connectivity index (χ3n) is 5.81. The molecule has 3 fully saturated rings. The summed E-state index contributed by atoms with van der Waals surface area (Å²) in [4.78, 5) is 15.6. The maximum Gasteiger partial charge on any atom is 0.228 e. The van der Waals surface area contributed by atoms with Crippen LogP contribution in [0.2, 0.25) is 0 Å². The Morgan fingerprint density at radius 1 is 1.29 bits per heavy atom. The van der Waals surface area contributed by atoms with Crippen LogP contribution in [0.3, 0.4) is 0 Å². The van der Waals surface area contributed by atoms with Gasteiger partial charge in [-0.25, -0.2) is 0 Å². The van der Waals surface area contributed by atoms with Gasteiger partial charge in [0.2, 0.25) is 5.91 Å². The molecule has 1 unspecified atom stereocenters. The summed E-state index contributed by atoms with van der Waals surface area (Å²) in [5, 5.41) is 6.66. The van der Waals surface area contributed by atoms with E-state index in [1.165, 1.54) is 5.75 Å². The fourth-order valence-electron chi connectivity index (χ4n) is 4.19. The molecule has 3 aliphatic rings. The van der Waals surface area contributed by atoms with Crippen molar-refractivity contribution in [3.8, 4) is 0 Å². The third-order valence-corrected chi connectivity index (χ3v) is 7.04. The lowest BCUT2D eigenvalue weighted by molar-refractivity contribution is -0.137. The van der Waals surface area contributed by atoms with Gasteiger partial charge in [-0.05, 0) is 38.1 Å². The fraction of sp³-hybridized carbons (Fsp3) is 0.941. The number of piperidine rings is 1. The normalized spacial score (nSPS) is 31.0. The zero-order valence-corrected chi connectivity index (χ0v) is 15.6. The number of hydrogen-bond donors (Lipinski definition) is 2. The SMILES string of the molecule is COCC1(C(=O)NCC2(N3CCOCC3)CCSC2)CCNCC1. The number of nitrogens with one attached hydrogen (secondary N) is 2. The molecule has 6 nitrogen and oxygen atoms in total. The van der Waals surface area contributed by atoms with E-state index in [1.54, 1.807) is 7.11 Å². The second kappa shape index (κ2) is 8.36. The van der Waals surface area contributed by atoms with Gasteiger partial charge in [0.25, 0.3) is 0 Å². The maximum atomic E-state index is 13.0. The van der Waals surface area contributed by atoms with Crippen molar-refractivity contribution in [2.45, 2.75) is 24.8 Å². The number of ether oxygens (including phenoxy) is 2. The van der Waals surface area contributed by atoms with E-state index in [9.17, 15) is 4.79 Å². The summed E-state index contributed by atoms with van der Waals surface area (Å²) >= 11 is 2.00. The summed E-state index contributed by atoms with van der Waals surface area (Å²) < 4.78 is 10.9. The molecule has 0 aromatic rings. The molecule has 0 aromatic carbocycles. The van der Waals surface area contributed by atoms with Gasteiger partial charge in [-0.1, -0.05) is 0 Å². The highest BCUT2D eigenvalue weighted by Gasteiger charge is 2.44. The molecule has 7 heteroatoms. The van der Waals surface area contributed by atoms with Crippen molar-refractivity contribution in [2.24, 2.45) is 5.41 Å². The van der Waals surface area contributed by atoms with Crippen LogP contribution >= 0.6 is 11.8 Å². The van der Waals surface area contributed by atoms with Gasteiger partial charge < -0.3 is 20.1 Å². The zero-order valence-electron chi connectivity index (χ0n) is 14.8. The molecule has 0 bridgehead atoms. The van der Waals surface area contributed by atoms with Crippen LogP contribution in [-0.2, 0) is 14.3 Å². The van der Waals surface area contributed by atoms with Crippen molar-refractivity contribution in [3.63, 3.8) is 0 Å². The molecule has 0 aliphatic carbocycles. The minimum atomic E-state index is -0.363. The predicted octanol–water partition coefficient (Wildman–Crippen LogP) is 0.327. The van der Waals surface area contributed by atoms with Crippen molar-refractivity contribution < 1.29 is 14.3 Å². The Morgan fingerprint density at radius 2 is 2.04 bits per heavy atom. The summed E-state index contributed by atoms with van der Waals surface area (Å²) in [6.07, 6.45) is 2.86. The first-order valence-corrected chi connectivity index (χ1v) is 10.2. The molecule has 0 aromatic heterocycles. The monoisotopic (exact) mass is 357 g/mol. The van der Waals surface area contributed by atoms with Gasteiger partial charge in [-0.15, -0.1) is 0 Å².